The molecule has 1 N–H and O–H groups in total. The molecule has 4 atom stereocenters. The van der Waals surface area contributed by atoms with E-state index in [1.54, 1.807) is 0 Å². The number of rotatable bonds is 1. The minimum absolute atomic E-state index is 0.317. The standard InChI is InChI=1S/C7H6O2S3/c8-5(9)6-2-1-3-4(11-3)7(6,10)12-6/h1-4,10H,(H,8,9). The lowest BCUT2D eigenvalue weighted by Gasteiger charge is -2.13. The van der Waals surface area contributed by atoms with Crippen LogP contribution in [0.2, 0.25) is 0 Å². The molecule has 0 spiro atoms. The van der Waals surface area contributed by atoms with Gasteiger partial charge in [0.25, 0.3) is 0 Å². The van der Waals surface area contributed by atoms with Gasteiger partial charge in [0.05, 0.1) is 0 Å². The van der Waals surface area contributed by atoms with Crippen LogP contribution in [-0.2, 0) is 4.79 Å². The van der Waals surface area contributed by atoms with Crippen LogP contribution in [0.4, 0.5) is 0 Å². The van der Waals surface area contributed by atoms with Crippen molar-refractivity contribution in [2.45, 2.75) is 19.3 Å². The third kappa shape index (κ3) is 0.634. The molecule has 0 radical (unpaired) electrons. The van der Waals surface area contributed by atoms with E-state index < -0.39 is 10.7 Å². The predicted octanol–water partition coefficient (Wildman–Crippen LogP) is 1.24. The highest BCUT2D eigenvalue weighted by Crippen LogP contribution is 2.78. The van der Waals surface area contributed by atoms with Gasteiger partial charge in [-0.2, -0.15) is 12.6 Å². The lowest BCUT2D eigenvalue weighted by Crippen LogP contribution is -2.35. The van der Waals surface area contributed by atoms with Crippen molar-refractivity contribution in [2.24, 2.45) is 0 Å². The van der Waals surface area contributed by atoms with E-state index in [4.69, 9.17) is 5.11 Å². The van der Waals surface area contributed by atoms with Crippen LogP contribution in [0.1, 0.15) is 0 Å². The number of hydrogen-bond acceptors (Lipinski definition) is 4. The Morgan fingerprint density at radius 2 is 2.42 bits per heavy atom. The Labute approximate surface area is 83.6 Å². The number of carboxylic acids is 1. The number of hydrogen-bond donors (Lipinski definition) is 2. The van der Waals surface area contributed by atoms with Crippen LogP contribution in [0.15, 0.2) is 12.2 Å². The molecule has 0 aromatic carbocycles. The van der Waals surface area contributed by atoms with Crippen LogP contribution in [0.5, 0.6) is 0 Å². The fraction of sp³-hybridized carbons (Fsp3) is 0.571. The van der Waals surface area contributed by atoms with Crippen LogP contribution < -0.4 is 0 Å². The van der Waals surface area contributed by atoms with E-state index in [1.807, 2.05) is 23.9 Å². The summed E-state index contributed by atoms with van der Waals surface area (Å²) < 4.78 is -1.02. The van der Waals surface area contributed by atoms with Gasteiger partial charge < -0.3 is 5.11 Å². The third-order valence-corrected chi connectivity index (χ3v) is 6.94. The predicted molar refractivity (Wildman–Crippen MR) is 54.0 cm³/mol. The summed E-state index contributed by atoms with van der Waals surface area (Å²) >= 11 is 7.74. The molecule has 2 aliphatic heterocycles. The fourth-order valence-corrected chi connectivity index (χ4v) is 5.55. The van der Waals surface area contributed by atoms with E-state index in [9.17, 15) is 4.79 Å². The lowest BCUT2D eigenvalue weighted by atomic mass is 9.95. The van der Waals surface area contributed by atoms with E-state index in [0.29, 0.717) is 10.5 Å². The first-order valence-corrected chi connectivity index (χ1v) is 5.81. The topological polar surface area (TPSA) is 37.3 Å². The summed E-state index contributed by atoms with van der Waals surface area (Å²) in [6, 6.07) is 0. The van der Waals surface area contributed by atoms with Gasteiger partial charge in [0.15, 0.2) is 4.75 Å². The summed E-state index contributed by atoms with van der Waals surface area (Å²) in [5.74, 6) is -0.746. The average Bonchev–Trinajstić information content (AvgIpc) is 2.75. The van der Waals surface area contributed by atoms with Crippen molar-refractivity contribution in [3.05, 3.63) is 12.2 Å². The molecule has 2 fully saturated rings. The summed E-state index contributed by atoms with van der Waals surface area (Å²) in [7, 11) is 0. The fourth-order valence-electron chi connectivity index (χ4n) is 1.73. The molecule has 3 rings (SSSR count). The number of aliphatic carboxylic acids is 1. The van der Waals surface area contributed by atoms with Gasteiger partial charge in [-0.1, -0.05) is 12.2 Å². The first-order valence-electron chi connectivity index (χ1n) is 3.61. The summed E-state index contributed by atoms with van der Waals surface area (Å²) in [5, 5.41) is 9.97. The lowest BCUT2D eigenvalue weighted by molar-refractivity contribution is -0.137. The van der Waals surface area contributed by atoms with E-state index >= 15 is 0 Å². The number of fused-ring (bicyclic) bond motifs is 3. The number of carbonyl (C=O) groups is 1. The Kier molecular flexibility index (Phi) is 1.18. The van der Waals surface area contributed by atoms with Gasteiger partial charge in [0.1, 0.15) is 4.08 Å². The monoisotopic (exact) mass is 218 g/mol. The summed E-state index contributed by atoms with van der Waals surface area (Å²) in [6.07, 6.45) is 3.83. The molecule has 0 amide bonds. The first-order chi connectivity index (χ1) is 5.60. The maximum absolute atomic E-state index is 11.0. The zero-order valence-electron chi connectivity index (χ0n) is 5.93. The largest absolute Gasteiger partial charge is 0.480 e. The van der Waals surface area contributed by atoms with Gasteiger partial charge in [0.2, 0.25) is 0 Å². The molecule has 0 aromatic heterocycles. The molecular formula is C7H6O2S3. The van der Waals surface area contributed by atoms with Crippen molar-refractivity contribution in [2.75, 3.05) is 0 Å². The van der Waals surface area contributed by atoms with Crippen LogP contribution in [0, 0.1) is 0 Å². The van der Waals surface area contributed by atoms with Gasteiger partial charge in [-0.25, -0.2) is 0 Å². The molecule has 0 saturated carbocycles. The zero-order valence-corrected chi connectivity index (χ0v) is 8.46. The highest BCUT2D eigenvalue weighted by Gasteiger charge is 2.80. The molecule has 2 heterocycles. The summed E-state index contributed by atoms with van der Waals surface area (Å²) in [6.45, 7) is 0. The first kappa shape index (κ1) is 7.64. The molecule has 5 heteroatoms. The SMILES string of the molecule is O=C(O)C12C=CC3SC3C1(S)S2. The normalized spacial score (nSPS) is 58.8. The molecule has 4 unspecified atom stereocenters. The van der Waals surface area contributed by atoms with Crippen LogP contribution >= 0.6 is 36.2 Å². The molecule has 0 bridgehead atoms. The van der Waals surface area contributed by atoms with E-state index in [1.165, 1.54) is 11.8 Å². The molecule has 64 valence electrons. The van der Waals surface area contributed by atoms with Gasteiger partial charge in [-0.3, -0.25) is 4.79 Å². The van der Waals surface area contributed by atoms with Crippen molar-refractivity contribution in [1.82, 2.24) is 0 Å². The Balaban J connectivity index is 2.07. The van der Waals surface area contributed by atoms with Crippen molar-refractivity contribution in [3.63, 3.8) is 0 Å². The van der Waals surface area contributed by atoms with Crippen molar-refractivity contribution in [3.8, 4) is 0 Å². The van der Waals surface area contributed by atoms with Crippen molar-refractivity contribution in [1.29, 1.82) is 0 Å². The number of thiol groups is 1. The maximum Gasteiger partial charge on any atom is 0.326 e. The van der Waals surface area contributed by atoms with Crippen LogP contribution in [0.3, 0.4) is 0 Å². The Morgan fingerprint density at radius 1 is 1.67 bits per heavy atom. The van der Waals surface area contributed by atoms with Gasteiger partial charge in [0, 0.05) is 10.5 Å². The quantitative estimate of drug-likeness (QED) is 0.394. The Bertz CT molecular complexity index is 316. The summed E-state index contributed by atoms with van der Waals surface area (Å²) in [4.78, 5) is 11.0. The van der Waals surface area contributed by atoms with Gasteiger partial charge in [-0.05, 0) is 0 Å². The number of carboxylic acid groups (broad SMARTS) is 1. The third-order valence-electron chi connectivity index (χ3n) is 2.56. The average molecular weight is 218 g/mol. The highest BCUT2D eigenvalue weighted by atomic mass is 32.2. The minimum atomic E-state index is -0.746. The smallest absolute Gasteiger partial charge is 0.326 e. The second-order valence-electron chi connectivity index (χ2n) is 3.22. The second-order valence-corrected chi connectivity index (χ2v) is 7.04. The zero-order chi connectivity index (χ0) is 8.56. The van der Waals surface area contributed by atoms with Gasteiger partial charge >= 0.3 is 5.97 Å². The summed E-state index contributed by atoms with van der Waals surface area (Å²) in [5.41, 5.74) is 0. The Morgan fingerprint density at radius 3 is 3.08 bits per heavy atom. The molecule has 2 nitrogen and oxygen atoms in total. The Hall–Kier alpha value is 0.260. The molecule has 1 aliphatic carbocycles. The minimum Gasteiger partial charge on any atom is -0.480 e. The molecule has 0 aromatic rings. The number of thioether (sulfide) groups is 2. The highest BCUT2D eigenvalue weighted by molar-refractivity contribution is 8.24. The van der Waals surface area contributed by atoms with E-state index in [0.717, 1.165) is 0 Å². The second kappa shape index (κ2) is 1.86. The van der Waals surface area contributed by atoms with Crippen molar-refractivity contribution >= 4 is 42.1 Å². The van der Waals surface area contributed by atoms with Crippen molar-refractivity contribution < 1.29 is 9.90 Å². The molecule has 2 saturated heterocycles. The molecule has 12 heavy (non-hydrogen) atoms. The molecule has 3 aliphatic rings. The maximum atomic E-state index is 11.0. The molecular weight excluding hydrogens is 212 g/mol. The van der Waals surface area contributed by atoms with Gasteiger partial charge in [-0.15, -0.1) is 23.5 Å². The van der Waals surface area contributed by atoms with E-state index in [2.05, 4.69) is 12.6 Å². The van der Waals surface area contributed by atoms with Crippen LogP contribution in [0.25, 0.3) is 0 Å². The van der Waals surface area contributed by atoms with Crippen LogP contribution in [-0.4, -0.2) is 30.4 Å². The van der Waals surface area contributed by atoms with E-state index in [-0.39, 0.29) is 4.08 Å².